The minimum absolute atomic E-state index is 0.594. The first-order valence-corrected chi connectivity index (χ1v) is 6.74. The van der Waals surface area contributed by atoms with Gasteiger partial charge in [-0.2, -0.15) is 5.10 Å². The molecule has 1 aromatic carbocycles. The van der Waals surface area contributed by atoms with E-state index < -0.39 is 0 Å². The molecule has 1 heterocycles. The van der Waals surface area contributed by atoms with Crippen LogP contribution in [0.1, 0.15) is 24.5 Å². The molecule has 2 rings (SSSR count). The number of aromatic nitrogens is 2. The number of nitrogens with zero attached hydrogens (tertiary/aromatic N) is 3. The quantitative estimate of drug-likeness (QED) is 0.865. The summed E-state index contributed by atoms with van der Waals surface area (Å²) < 4.78 is 1.84. The van der Waals surface area contributed by atoms with Gasteiger partial charge in [-0.3, -0.25) is 4.68 Å². The van der Waals surface area contributed by atoms with Crippen LogP contribution in [0, 0.1) is 0 Å². The van der Waals surface area contributed by atoms with Gasteiger partial charge in [-0.1, -0.05) is 19.1 Å². The monoisotopic (exact) mass is 258 g/mol. The van der Waals surface area contributed by atoms with Crippen molar-refractivity contribution in [2.45, 2.75) is 26.4 Å². The minimum Gasteiger partial charge on any atom is -0.367 e. The fraction of sp³-hybridized carbons (Fsp3) is 0.400. The Hall–Kier alpha value is -1.81. The number of aryl methyl sites for hydroxylation is 1. The van der Waals surface area contributed by atoms with Gasteiger partial charge in [-0.15, -0.1) is 0 Å². The molecular weight excluding hydrogens is 236 g/mol. The van der Waals surface area contributed by atoms with Gasteiger partial charge < -0.3 is 10.6 Å². The summed E-state index contributed by atoms with van der Waals surface area (Å²) in [7, 11) is 1.95. The Balaban J connectivity index is 2.13. The maximum atomic E-state index is 5.64. The summed E-state index contributed by atoms with van der Waals surface area (Å²) in [6, 6.07) is 8.49. The first-order chi connectivity index (χ1) is 9.22. The van der Waals surface area contributed by atoms with E-state index in [4.69, 9.17) is 5.73 Å². The van der Waals surface area contributed by atoms with Crippen molar-refractivity contribution in [2.75, 3.05) is 11.4 Å². The number of rotatable bonds is 6. The lowest BCUT2D eigenvalue weighted by atomic mass is 10.2. The molecule has 4 nitrogen and oxygen atoms in total. The third-order valence-electron chi connectivity index (χ3n) is 3.16. The predicted octanol–water partition coefficient (Wildman–Crippen LogP) is 2.30. The van der Waals surface area contributed by atoms with Crippen molar-refractivity contribution in [1.82, 2.24) is 9.78 Å². The molecule has 0 saturated carbocycles. The topological polar surface area (TPSA) is 47.1 Å². The zero-order valence-electron chi connectivity index (χ0n) is 11.7. The van der Waals surface area contributed by atoms with Crippen LogP contribution < -0.4 is 10.6 Å². The van der Waals surface area contributed by atoms with E-state index in [-0.39, 0.29) is 0 Å². The van der Waals surface area contributed by atoms with Gasteiger partial charge in [0.25, 0.3) is 0 Å². The molecule has 2 aromatic rings. The van der Waals surface area contributed by atoms with Crippen molar-refractivity contribution in [3.63, 3.8) is 0 Å². The molecule has 0 saturated heterocycles. The molecule has 0 aliphatic heterocycles. The molecule has 0 aliphatic carbocycles. The number of nitrogens with two attached hydrogens (primary N) is 1. The van der Waals surface area contributed by atoms with Gasteiger partial charge in [0.15, 0.2) is 0 Å². The molecule has 0 radical (unpaired) electrons. The van der Waals surface area contributed by atoms with Crippen molar-refractivity contribution >= 4 is 5.69 Å². The molecule has 0 atom stereocenters. The minimum atomic E-state index is 0.594. The van der Waals surface area contributed by atoms with Gasteiger partial charge in [0.05, 0.1) is 6.20 Å². The van der Waals surface area contributed by atoms with E-state index in [1.165, 1.54) is 16.8 Å². The van der Waals surface area contributed by atoms with Crippen LogP contribution in [-0.2, 0) is 20.1 Å². The fourth-order valence-corrected chi connectivity index (χ4v) is 2.19. The van der Waals surface area contributed by atoms with E-state index in [1.807, 2.05) is 17.9 Å². The van der Waals surface area contributed by atoms with Crippen LogP contribution in [-0.4, -0.2) is 16.3 Å². The third-order valence-corrected chi connectivity index (χ3v) is 3.16. The van der Waals surface area contributed by atoms with E-state index in [0.717, 1.165) is 19.5 Å². The maximum absolute atomic E-state index is 5.64. The summed E-state index contributed by atoms with van der Waals surface area (Å²) >= 11 is 0. The second kappa shape index (κ2) is 6.38. The standard InChI is InChI=1S/C15H22N4/c1-3-8-19(12-14-10-17-18(2)11-14)15-6-4-13(9-16)5-7-15/h4-7,10-11H,3,8-9,12,16H2,1-2H3. The SMILES string of the molecule is CCCN(Cc1cnn(C)c1)c1ccc(CN)cc1. The molecule has 102 valence electrons. The molecule has 1 aromatic heterocycles. The molecular formula is C15H22N4. The zero-order chi connectivity index (χ0) is 13.7. The first kappa shape index (κ1) is 13.6. The summed E-state index contributed by atoms with van der Waals surface area (Å²) in [5.74, 6) is 0. The average molecular weight is 258 g/mol. The smallest absolute Gasteiger partial charge is 0.0539 e. The Bertz CT molecular complexity index is 501. The van der Waals surface area contributed by atoms with Crippen molar-refractivity contribution in [3.8, 4) is 0 Å². The van der Waals surface area contributed by atoms with Crippen LogP contribution in [0.3, 0.4) is 0 Å². The van der Waals surface area contributed by atoms with Gasteiger partial charge >= 0.3 is 0 Å². The lowest BCUT2D eigenvalue weighted by Gasteiger charge is -2.24. The largest absolute Gasteiger partial charge is 0.367 e. The van der Waals surface area contributed by atoms with E-state index in [0.29, 0.717) is 6.54 Å². The molecule has 0 aliphatic rings. The number of hydrogen-bond acceptors (Lipinski definition) is 3. The lowest BCUT2D eigenvalue weighted by molar-refractivity contribution is 0.756. The van der Waals surface area contributed by atoms with Crippen molar-refractivity contribution in [1.29, 1.82) is 0 Å². The summed E-state index contributed by atoms with van der Waals surface area (Å²) in [4.78, 5) is 2.37. The van der Waals surface area contributed by atoms with Crippen LogP contribution in [0.25, 0.3) is 0 Å². The highest BCUT2D eigenvalue weighted by Crippen LogP contribution is 2.18. The zero-order valence-corrected chi connectivity index (χ0v) is 11.7. The van der Waals surface area contributed by atoms with Gasteiger partial charge in [0.1, 0.15) is 0 Å². The van der Waals surface area contributed by atoms with Crippen LogP contribution in [0.2, 0.25) is 0 Å². The highest BCUT2D eigenvalue weighted by Gasteiger charge is 2.07. The van der Waals surface area contributed by atoms with Crippen LogP contribution >= 0.6 is 0 Å². The Morgan fingerprint density at radius 1 is 1.21 bits per heavy atom. The summed E-state index contributed by atoms with van der Waals surface area (Å²) in [6.45, 7) is 4.72. The predicted molar refractivity (Wildman–Crippen MR) is 78.9 cm³/mol. The van der Waals surface area contributed by atoms with E-state index in [9.17, 15) is 0 Å². The highest BCUT2D eigenvalue weighted by atomic mass is 15.2. The summed E-state index contributed by atoms with van der Waals surface area (Å²) in [5.41, 5.74) is 9.28. The average Bonchev–Trinajstić information content (AvgIpc) is 2.84. The van der Waals surface area contributed by atoms with Crippen LogP contribution in [0.4, 0.5) is 5.69 Å². The molecule has 0 spiro atoms. The van der Waals surface area contributed by atoms with Gasteiger partial charge in [0, 0.05) is 44.1 Å². The molecule has 2 N–H and O–H groups in total. The van der Waals surface area contributed by atoms with Crippen molar-refractivity contribution in [3.05, 3.63) is 47.8 Å². The number of hydrogen-bond donors (Lipinski definition) is 1. The normalized spacial score (nSPS) is 10.7. The fourth-order valence-electron chi connectivity index (χ4n) is 2.19. The van der Waals surface area contributed by atoms with E-state index >= 15 is 0 Å². The first-order valence-electron chi connectivity index (χ1n) is 6.74. The molecule has 19 heavy (non-hydrogen) atoms. The number of benzene rings is 1. The maximum Gasteiger partial charge on any atom is 0.0539 e. The van der Waals surface area contributed by atoms with Crippen molar-refractivity contribution in [2.24, 2.45) is 12.8 Å². The van der Waals surface area contributed by atoms with Crippen LogP contribution in [0.15, 0.2) is 36.7 Å². The highest BCUT2D eigenvalue weighted by molar-refractivity contribution is 5.48. The summed E-state index contributed by atoms with van der Waals surface area (Å²) in [6.07, 6.45) is 5.12. The van der Waals surface area contributed by atoms with Gasteiger partial charge in [0.2, 0.25) is 0 Å². The second-order valence-corrected chi connectivity index (χ2v) is 4.81. The Labute approximate surface area is 114 Å². The third kappa shape index (κ3) is 3.58. The van der Waals surface area contributed by atoms with Gasteiger partial charge in [-0.25, -0.2) is 0 Å². The van der Waals surface area contributed by atoms with Gasteiger partial charge in [-0.05, 0) is 24.1 Å². The Morgan fingerprint density at radius 3 is 2.47 bits per heavy atom. The molecule has 0 unspecified atom stereocenters. The molecule has 0 amide bonds. The summed E-state index contributed by atoms with van der Waals surface area (Å²) in [5, 5.41) is 4.22. The molecule has 0 bridgehead atoms. The molecule has 4 heteroatoms. The van der Waals surface area contributed by atoms with Crippen LogP contribution in [0.5, 0.6) is 0 Å². The second-order valence-electron chi connectivity index (χ2n) is 4.81. The number of anilines is 1. The van der Waals surface area contributed by atoms with E-state index in [1.54, 1.807) is 0 Å². The Kier molecular flexibility index (Phi) is 4.58. The Morgan fingerprint density at radius 2 is 1.95 bits per heavy atom. The van der Waals surface area contributed by atoms with E-state index in [2.05, 4.69) is 47.4 Å². The molecule has 0 fully saturated rings. The lowest BCUT2D eigenvalue weighted by Crippen LogP contribution is -2.23. The van der Waals surface area contributed by atoms with Crippen molar-refractivity contribution < 1.29 is 0 Å².